The highest BCUT2D eigenvalue weighted by Crippen LogP contribution is 2.35. The second-order valence-electron chi connectivity index (χ2n) is 4.52. The van der Waals surface area contributed by atoms with Gasteiger partial charge in [0, 0.05) is 7.11 Å². The summed E-state index contributed by atoms with van der Waals surface area (Å²) in [7, 11) is -2.22. The fraction of sp³-hybridized carbons (Fsp3) is 0.500. The van der Waals surface area contributed by atoms with Gasteiger partial charge in [-0.15, -0.1) is 0 Å². The molecule has 0 spiro atoms. The first kappa shape index (κ1) is 14.3. The summed E-state index contributed by atoms with van der Waals surface area (Å²) in [6.07, 6.45) is -4.00. The Morgan fingerprint density at radius 1 is 1.26 bits per heavy atom. The summed E-state index contributed by atoms with van der Waals surface area (Å²) in [4.78, 5) is -0.276. The molecule has 1 aliphatic carbocycles. The zero-order chi connectivity index (χ0) is 14.3. The predicted octanol–water partition coefficient (Wildman–Crippen LogP) is 2.66. The molecule has 0 amide bonds. The van der Waals surface area contributed by atoms with E-state index in [9.17, 15) is 21.6 Å². The highest BCUT2D eigenvalue weighted by molar-refractivity contribution is 7.92. The highest BCUT2D eigenvalue weighted by atomic mass is 32.2. The molecule has 19 heavy (non-hydrogen) atoms. The molecule has 2 rings (SSSR count). The van der Waals surface area contributed by atoms with Crippen molar-refractivity contribution in [2.45, 2.75) is 35.3 Å². The van der Waals surface area contributed by atoms with E-state index in [0.29, 0.717) is 18.9 Å². The monoisotopic (exact) mass is 294 g/mol. The molecule has 3 nitrogen and oxygen atoms in total. The lowest BCUT2D eigenvalue weighted by Crippen LogP contribution is -2.40. The van der Waals surface area contributed by atoms with Gasteiger partial charge in [0.25, 0.3) is 0 Å². The zero-order valence-corrected chi connectivity index (χ0v) is 11.0. The van der Waals surface area contributed by atoms with E-state index < -0.39 is 26.8 Å². The van der Waals surface area contributed by atoms with Crippen LogP contribution in [0.5, 0.6) is 0 Å². The Morgan fingerprint density at radius 3 is 2.42 bits per heavy atom. The Labute approximate surface area is 109 Å². The maximum absolute atomic E-state index is 12.6. The molecule has 0 atom stereocenters. The summed E-state index contributed by atoms with van der Waals surface area (Å²) in [6, 6.07) is 3.86. The quantitative estimate of drug-likeness (QED) is 0.861. The van der Waals surface area contributed by atoms with E-state index in [-0.39, 0.29) is 11.0 Å². The molecular formula is C12H13F3O3S. The minimum atomic E-state index is -4.54. The average Bonchev–Trinajstić information content (AvgIpc) is 2.26. The molecule has 106 valence electrons. The van der Waals surface area contributed by atoms with Crippen LogP contribution in [-0.2, 0) is 20.8 Å². The van der Waals surface area contributed by atoms with Crippen molar-refractivity contribution in [2.75, 3.05) is 7.11 Å². The molecule has 1 aliphatic rings. The van der Waals surface area contributed by atoms with Gasteiger partial charge in [0.1, 0.15) is 0 Å². The van der Waals surface area contributed by atoms with Crippen molar-refractivity contribution in [3.05, 3.63) is 29.8 Å². The lowest BCUT2D eigenvalue weighted by molar-refractivity contribution is -0.137. The van der Waals surface area contributed by atoms with Gasteiger partial charge < -0.3 is 4.74 Å². The van der Waals surface area contributed by atoms with Crippen LogP contribution in [-0.4, -0.2) is 26.9 Å². The Kier molecular flexibility index (Phi) is 3.61. The first-order valence-corrected chi connectivity index (χ1v) is 7.23. The average molecular weight is 294 g/mol. The van der Waals surface area contributed by atoms with E-state index in [1.165, 1.54) is 13.2 Å². The number of sulfone groups is 1. The number of halogens is 3. The minimum absolute atomic E-state index is 0.120. The van der Waals surface area contributed by atoms with Crippen molar-refractivity contribution in [1.29, 1.82) is 0 Å². The van der Waals surface area contributed by atoms with E-state index >= 15 is 0 Å². The molecule has 7 heteroatoms. The van der Waals surface area contributed by atoms with Crippen molar-refractivity contribution in [2.24, 2.45) is 0 Å². The molecular weight excluding hydrogens is 281 g/mol. The van der Waals surface area contributed by atoms with E-state index in [1.807, 2.05) is 0 Å². The number of alkyl halides is 3. The van der Waals surface area contributed by atoms with Crippen LogP contribution in [0.2, 0.25) is 0 Å². The number of ether oxygens (including phenoxy) is 1. The fourth-order valence-corrected chi connectivity index (χ4v) is 3.89. The Balaban J connectivity index is 2.27. The van der Waals surface area contributed by atoms with E-state index in [4.69, 9.17) is 4.74 Å². The van der Waals surface area contributed by atoms with Gasteiger partial charge in [-0.2, -0.15) is 13.2 Å². The third-order valence-corrected chi connectivity index (χ3v) is 5.49. The Hall–Kier alpha value is -1.08. The van der Waals surface area contributed by atoms with Gasteiger partial charge in [-0.05, 0) is 31.0 Å². The molecule has 0 aliphatic heterocycles. The van der Waals surface area contributed by atoms with Gasteiger partial charge in [0.15, 0.2) is 9.84 Å². The third kappa shape index (κ3) is 2.76. The van der Waals surface area contributed by atoms with E-state index in [2.05, 4.69) is 0 Å². The van der Waals surface area contributed by atoms with Crippen molar-refractivity contribution < 1.29 is 26.3 Å². The van der Waals surface area contributed by atoms with Crippen LogP contribution >= 0.6 is 0 Å². The maximum Gasteiger partial charge on any atom is 0.416 e. The van der Waals surface area contributed by atoms with Crippen LogP contribution < -0.4 is 0 Å². The third-order valence-electron chi connectivity index (χ3n) is 3.31. The van der Waals surface area contributed by atoms with Crippen molar-refractivity contribution in [3.8, 4) is 0 Å². The summed E-state index contributed by atoms with van der Waals surface area (Å²) < 4.78 is 66.9. The van der Waals surface area contributed by atoms with Gasteiger partial charge in [-0.3, -0.25) is 0 Å². The van der Waals surface area contributed by atoms with Crippen LogP contribution in [0.15, 0.2) is 29.2 Å². The number of methoxy groups -OCH3 is 1. The Morgan fingerprint density at radius 2 is 1.89 bits per heavy atom. The van der Waals surface area contributed by atoms with Crippen LogP contribution in [0.1, 0.15) is 18.4 Å². The molecule has 0 unspecified atom stereocenters. The second kappa shape index (κ2) is 4.79. The van der Waals surface area contributed by atoms with Crippen molar-refractivity contribution in [3.63, 3.8) is 0 Å². The predicted molar refractivity (Wildman–Crippen MR) is 62.4 cm³/mol. The summed E-state index contributed by atoms with van der Waals surface area (Å²) in [6.45, 7) is 0. The van der Waals surface area contributed by atoms with Gasteiger partial charge in [0.2, 0.25) is 0 Å². The SMILES string of the molecule is COC1CC(S(=O)(=O)c2cccc(C(F)(F)F)c2)C1. The zero-order valence-electron chi connectivity index (χ0n) is 10.1. The van der Waals surface area contributed by atoms with Gasteiger partial charge >= 0.3 is 6.18 Å². The molecule has 0 radical (unpaired) electrons. The summed E-state index contributed by atoms with van der Waals surface area (Å²) in [5.41, 5.74) is -0.948. The molecule has 1 fully saturated rings. The van der Waals surface area contributed by atoms with Gasteiger partial charge in [-0.1, -0.05) is 6.07 Å². The van der Waals surface area contributed by atoms with Crippen LogP contribution in [0.25, 0.3) is 0 Å². The van der Waals surface area contributed by atoms with Crippen LogP contribution in [0.3, 0.4) is 0 Å². The maximum atomic E-state index is 12.6. The first-order chi connectivity index (χ1) is 8.75. The summed E-state index contributed by atoms with van der Waals surface area (Å²) in [5.74, 6) is 0. The fourth-order valence-electron chi connectivity index (χ4n) is 2.01. The topological polar surface area (TPSA) is 43.4 Å². The van der Waals surface area contributed by atoms with Crippen molar-refractivity contribution in [1.82, 2.24) is 0 Å². The molecule has 1 aromatic carbocycles. The lowest BCUT2D eigenvalue weighted by atomic mass is 9.95. The standard InChI is InChI=1S/C12H13F3O3S/c1-18-9-6-11(7-9)19(16,17)10-4-2-3-8(5-10)12(13,14)15/h2-5,9,11H,6-7H2,1H3. The number of benzene rings is 1. The Bertz CT molecular complexity index is 560. The van der Waals surface area contributed by atoms with Crippen LogP contribution in [0, 0.1) is 0 Å². The minimum Gasteiger partial charge on any atom is -0.381 e. The molecule has 0 bridgehead atoms. The molecule has 1 aromatic rings. The van der Waals surface area contributed by atoms with Crippen molar-refractivity contribution >= 4 is 9.84 Å². The summed E-state index contributed by atoms with van der Waals surface area (Å²) >= 11 is 0. The highest BCUT2D eigenvalue weighted by Gasteiger charge is 2.40. The normalized spacial score (nSPS) is 24.0. The lowest BCUT2D eigenvalue weighted by Gasteiger charge is -2.33. The first-order valence-electron chi connectivity index (χ1n) is 5.69. The number of hydrogen-bond acceptors (Lipinski definition) is 3. The number of rotatable bonds is 3. The van der Waals surface area contributed by atoms with Gasteiger partial charge in [0.05, 0.1) is 21.8 Å². The molecule has 0 N–H and O–H groups in total. The smallest absolute Gasteiger partial charge is 0.381 e. The van der Waals surface area contributed by atoms with E-state index in [0.717, 1.165) is 12.1 Å². The molecule has 0 heterocycles. The largest absolute Gasteiger partial charge is 0.416 e. The van der Waals surface area contributed by atoms with Gasteiger partial charge in [-0.25, -0.2) is 8.42 Å². The van der Waals surface area contributed by atoms with E-state index in [1.54, 1.807) is 0 Å². The van der Waals surface area contributed by atoms with Crippen LogP contribution in [0.4, 0.5) is 13.2 Å². The molecule has 0 aromatic heterocycles. The number of hydrogen-bond donors (Lipinski definition) is 0. The molecule has 0 saturated heterocycles. The molecule has 1 saturated carbocycles. The second-order valence-corrected chi connectivity index (χ2v) is 6.75. The summed E-state index contributed by atoms with van der Waals surface area (Å²) in [5, 5.41) is -0.652.